The zero-order valence-electron chi connectivity index (χ0n) is 12.5. The van der Waals surface area contributed by atoms with Crippen molar-refractivity contribution in [2.45, 2.75) is 26.3 Å². The van der Waals surface area contributed by atoms with Crippen molar-refractivity contribution in [3.63, 3.8) is 0 Å². The van der Waals surface area contributed by atoms with Gasteiger partial charge in [-0.25, -0.2) is 0 Å². The molecule has 0 aliphatic heterocycles. The van der Waals surface area contributed by atoms with E-state index >= 15 is 0 Å². The number of hydrogen-bond acceptors (Lipinski definition) is 4. The quantitative estimate of drug-likeness (QED) is 0.744. The van der Waals surface area contributed by atoms with E-state index in [-0.39, 0.29) is 25.1 Å². The summed E-state index contributed by atoms with van der Waals surface area (Å²) in [5, 5.41) is 5.59. The fourth-order valence-electron chi connectivity index (χ4n) is 1.47. The molecule has 2 amide bonds. The number of amides is 2. The van der Waals surface area contributed by atoms with Crippen molar-refractivity contribution in [1.29, 1.82) is 0 Å². The summed E-state index contributed by atoms with van der Waals surface area (Å²) in [6.45, 7) is 3.12. The molecule has 0 unspecified atom stereocenters. The SMILES string of the molecule is CC[C@@H](C)NC(=O)COC(=O)CNC(=O)c1ccc(Cl)cc1. The third-order valence-corrected chi connectivity index (χ3v) is 3.14. The summed E-state index contributed by atoms with van der Waals surface area (Å²) in [7, 11) is 0. The van der Waals surface area contributed by atoms with Crippen LogP contribution < -0.4 is 10.6 Å². The van der Waals surface area contributed by atoms with Crippen molar-refractivity contribution in [3.8, 4) is 0 Å². The third-order valence-electron chi connectivity index (χ3n) is 2.88. The molecule has 0 bridgehead atoms. The van der Waals surface area contributed by atoms with E-state index in [1.807, 2.05) is 13.8 Å². The summed E-state index contributed by atoms with van der Waals surface area (Å²) >= 11 is 5.72. The van der Waals surface area contributed by atoms with E-state index in [0.717, 1.165) is 6.42 Å². The number of carbonyl (C=O) groups is 3. The van der Waals surface area contributed by atoms with Gasteiger partial charge >= 0.3 is 5.97 Å². The molecule has 6 nitrogen and oxygen atoms in total. The molecule has 22 heavy (non-hydrogen) atoms. The third kappa shape index (κ3) is 6.58. The standard InChI is InChI=1S/C15H19ClN2O4/c1-3-10(2)18-13(19)9-22-14(20)8-17-15(21)11-4-6-12(16)7-5-11/h4-7,10H,3,8-9H2,1-2H3,(H,17,21)(H,18,19)/t10-/m1/s1. The van der Waals surface area contributed by atoms with Crippen LogP contribution in [0.2, 0.25) is 5.02 Å². The molecule has 7 heteroatoms. The number of esters is 1. The van der Waals surface area contributed by atoms with Gasteiger partial charge in [-0.2, -0.15) is 0 Å². The van der Waals surface area contributed by atoms with Crippen molar-refractivity contribution >= 4 is 29.4 Å². The molecule has 0 aliphatic rings. The Balaban J connectivity index is 2.29. The van der Waals surface area contributed by atoms with Crippen LogP contribution in [0.25, 0.3) is 0 Å². The first kappa shape index (κ1) is 18.0. The fraction of sp³-hybridized carbons (Fsp3) is 0.400. The van der Waals surface area contributed by atoms with Gasteiger partial charge in [-0.15, -0.1) is 0 Å². The molecule has 2 N–H and O–H groups in total. The minimum Gasteiger partial charge on any atom is -0.454 e. The second-order valence-electron chi connectivity index (χ2n) is 4.73. The van der Waals surface area contributed by atoms with Gasteiger partial charge in [-0.1, -0.05) is 18.5 Å². The number of benzene rings is 1. The maximum atomic E-state index is 11.7. The van der Waals surface area contributed by atoms with Crippen LogP contribution in [0.15, 0.2) is 24.3 Å². The Morgan fingerprint density at radius 2 is 1.86 bits per heavy atom. The minimum atomic E-state index is -0.679. The molecule has 0 fully saturated rings. The van der Waals surface area contributed by atoms with Crippen LogP contribution in [0.5, 0.6) is 0 Å². The molecule has 1 atom stereocenters. The second-order valence-corrected chi connectivity index (χ2v) is 5.16. The van der Waals surface area contributed by atoms with Crippen LogP contribution in [0.3, 0.4) is 0 Å². The Bertz CT molecular complexity index is 531. The van der Waals surface area contributed by atoms with Gasteiger partial charge in [0.05, 0.1) is 0 Å². The van der Waals surface area contributed by atoms with E-state index in [1.54, 1.807) is 24.3 Å². The zero-order chi connectivity index (χ0) is 16.5. The van der Waals surface area contributed by atoms with Crippen LogP contribution in [-0.4, -0.2) is 37.0 Å². The first-order chi connectivity index (χ1) is 10.4. The first-order valence-electron chi connectivity index (χ1n) is 6.91. The molecule has 0 radical (unpaired) electrons. The van der Waals surface area contributed by atoms with Crippen LogP contribution in [-0.2, 0) is 14.3 Å². The van der Waals surface area contributed by atoms with E-state index in [9.17, 15) is 14.4 Å². The predicted molar refractivity (Wildman–Crippen MR) is 82.6 cm³/mol. The monoisotopic (exact) mass is 326 g/mol. The van der Waals surface area contributed by atoms with Crippen LogP contribution in [0.1, 0.15) is 30.6 Å². The van der Waals surface area contributed by atoms with Crippen LogP contribution in [0.4, 0.5) is 0 Å². The molecule has 0 saturated carbocycles. The van der Waals surface area contributed by atoms with Gasteiger partial charge in [0.1, 0.15) is 6.54 Å². The summed E-state index contributed by atoms with van der Waals surface area (Å²) in [5.41, 5.74) is 0.381. The molecule has 0 aromatic heterocycles. The second kappa shape index (κ2) is 9.04. The zero-order valence-corrected chi connectivity index (χ0v) is 13.3. The van der Waals surface area contributed by atoms with Gasteiger partial charge < -0.3 is 15.4 Å². The molecule has 0 aliphatic carbocycles. The van der Waals surface area contributed by atoms with E-state index in [0.29, 0.717) is 10.6 Å². The predicted octanol–water partition coefficient (Wildman–Crippen LogP) is 1.53. The molecule has 120 valence electrons. The van der Waals surface area contributed by atoms with Gasteiger partial charge in [0.25, 0.3) is 11.8 Å². The Hall–Kier alpha value is -2.08. The van der Waals surface area contributed by atoms with Gasteiger partial charge in [0, 0.05) is 16.6 Å². The van der Waals surface area contributed by atoms with Gasteiger partial charge in [0.2, 0.25) is 0 Å². The molecular formula is C15H19ClN2O4. The number of nitrogens with one attached hydrogen (secondary N) is 2. The average Bonchev–Trinajstić information content (AvgIpc) is 2.51. The van der Waals surface area contributed by atoms with Crippen molar-refractivity contribution < 1.29 is 19.1 Å². The lowest BCUT2D eigenvalue weighted by Crippen LogP contribution is -2.37. The maximum absolute atomic E-state index is 11.7. The molecule has 1 aromatic rings. The van der Waals surface area contributed by atoms with Gasteiger partial charge in [-0.05, 0) is 37.6 Å². The lowest BCUT2D eigenvalue weighted by atomic mass is 10.2. The Morgan fingerprint density at radius 3 is 2.45 bits per heavy atom. The van der Waals surface area contributed by atoms with Crippen LogP contribution >= 0.6 is 11.6 Å². The van der Waals surface area contributed by atoms with E-state index in [2.05, 4.69) is 10.6 Å². The summed E-state index contributed by atoms with van der Waals surface area (Å²) in [6, 6.07) is 6.27. The topological polar surface area (TPSA) is 84.5 Å². The summed E-state index contributed by atoms with van der Waals surface area (Å²) in [4.78, 5) is 34.6. The number of rotatable bonds is 7. The molecule has 0 heterocycles. The van der Waals surface area contributed by atoms with E-state index in [1.165, 1.54) is 0 Å². The molecule has 1 aromatic carbocycles. The summed E-state index contributed by atoms with van der Waals surface area (Å²) < 4.78 is 4.77. The van der Waals surface area contributed by atoms with E-state index in [4.69, 9.17) is 16.3 Å². The Kier molecular flexibility index (Phi) is 7.39. The Morgan fingerprint density at radius 1 is 1.23 bits per heavy atom. The van der Waals surface area contributed by atoms with Gasteiger partial charge in [0.15, 0.2) is 6.61 Å². The molecule has 0 spiro atoms. The lowest BCUT2D eigenvalue weighted by Gasteiger charge is -2.11. The highest BCUT2D eigenvalue weighted by molar-refractivity contribution is 6.30. The molecule has 0 saturated heterocycles. The highest BCUT2D eigenvalue weighted by atomic mass is 35.5. The first-order valence-corrected chi connectivity index (χ1v) is 7.29. The average molecular weight is 327 g/mol. The number of ether oxygens (including phenoxy) is 1. The van der Waals surface area contributed by atoms with Gasteiger partial charge in [-0.3, -0.25) is 14.4 Å². The minimum absolute atomic E-state index is 0.0239. The maximum Gasteiger partial charge on any atom is 0.325 e. The fourth-order valence-corrected chi connectivity index (χ4v) is 1.60. The number of halogens is 1. The Labute approximate surface area is 134 Å². The lowest BCUT2D eigenvalue weighted by molar-refractivity contribution is -0.147. The number of hydrogen-bond donors (Lipinski definition) is 2. The van der Waals surface area contributed by atoms with Crippen molar-refractivity contribution in [2.75, 3.05) is 13.2 Å². The van der Waals surface area contributed by atoms with Crippen LogP contribution in [0, 0.1) is 0 Å². The van der Waals surface area contributed by atoms with Crippen molar-refractivity contribution in [2.24, 2.45) is 0 Å². The summed E-state index contributed by atoms with van der Waals surface area (Å²) in [6.07, 6.45) is 0.789. The van der Waals surface area contributed by atoms with Crippen molar-refractivity contribution in [3.05, 3.63) is 34.9 Å². The highest BCUT2D eigenvalue weighted by Crippen LogP contribution is 2.09. The molecular weight excluding hydrogens is 308 g/mol. The highest BCUT2D eigenvalue weighted by Gasteiger charge is 2.11. The largest absolute Gasteiger partial charge is 0.454 e. The van der Waals surface area contributed by atoms with E-state index < -0.39 is 11.9 Å². The smallest absolute Gasteiger partial charge is 0.325 e. The molecule has 1 rings (SSSR count). The normalized spacial score (nSPS) is 11.4. The van der Waals surface area contributed by atoms with Crippen molar-refractivity contribution in [1.82, 2.24) is 10.6 Å². The number of carbonyl (C=O) groups excluding carboxylic acids is 3. The summed E-state index contributed by atoms with van der Waals surface area (Å²) in [5.74, 6) is -1.47.